The highest BCUT2D eigenvalue weighted by Gasteiger charge is 2.68. The van der Waals surface area contributed by atoms with Crippen LogP contribution in [0.3, 0.4) is 0 Å². The predicted octanol–water partition coefficient (Wildman–Crippen LogP) is 2.75. The third kappa shape index (κ3) is 2.44. The molecule has 4 rings (SSSR count). The predicted molar refractivity (Wildman–Crippen MR) is 90.6 cm³/mol. The molecule has 0 radical (unpaired) electrons. The normalized spacial score (nSPS) is 35.8. The van der Waals surface area contributed by atoms with Gasteiger partial charge >= 0.3 is 11.9 Å². The van der Waals surface area contributed by atoms with Gasteiger partial charge in [0.15, 0.2) is 12.4 Å². The minimum Gasteiger partial charge on any atom is -0.461 e. The van der Waals surface area contributed by atoms with Crippen molar-refractivity contribution in [1.82, 2.24) is 0 Å². The van der Waals surface area contributed by atoms with Crippen LogP contribution in [-0.4, -0.2) is 35.3 Å². The third-order valence-electron chi connectivity index (χ3n) is 5.31. The molecule has 126 valence electrons. The molecule has 0 unspecified atom stereocenters. The SMILES string of the molecule is O=C(COC(=O)[C@H]1[C@@H]2C[C@H]3[C@H](OC(=O)[C@@H]31)[C@@H]2Br)c1ccc(Br)cc1. The molecule has 2 saturated carbocycles. The summed E-state index contributed by atoms with van der Waals surface area (Å²) in [4.78, 5) is 36.6. The topological polar surface area (TPSA) is 69.7 Å². The second-order valence-corrected chi connectivity index (χ2v) is 8.47. The monoisotopic (exact) mass is 456 g/mol. The average molecular weight is 458 g/mol. The molecule has 1 saturated heterocycles. The van der Waals surface area contributed by atoms with Crippen molar-refractivity contribution < 1.29 is 23.9 Å². The van der Waals surface area contributed by atoms with Crippen molar-refractivity contribution in [2.24, 2.45) is 23.7 Å². The second kappa shape index (κ2) is 5.95. The molecule has 0 spiro atoms. The molecule has 0 aromatic heterocycles. The number of Topliss-reactive ketones (excluding diaryl/α,β-unsaturated/α-hetero) is 1. The lowest BCUT2D eigenvalue weighted by atomic mass is 9.80. The number of alkyl halides is 1. The van der Waals surface area contributed by atoms with Gasteiger partial charge in [-0.15, -0.1) is 0 Å². The molecule has 1 heterocycles. The molecule has 1 aromatic rings. The molecule has 0 N–H and O–H groups in total. The summed E-state index contributed by atoms with van der Waals surface area (Å²) >= 11 is 6.86. The van der Waals surface area contributed by atoms with Crippen LogP contribution in [0.4, 0.5) is 0 Å². The Labute approximate surface area is 155 Å². The number of halogens is 2. The summed E-state index contributed by atoms with van der Waals surface area (Å²) in [5.74, 6) is -1.85. The van der Waals surface area contributed by atoms with E-state index in [1.165, 1.54) is 0 Å². The first-order valence-corrected chi connectivity index (χ1v) is 9.48. The molecule has 0 amide bonds. The van der Waals surface area contributed by atoms with Crippen LogP contribution in [0.25, 0.3) is 0 Å². The van der Waals surface area contributed by atoms with Crippen molar-refractivity contribution >= 4 is 49.6 Å². The van der Waals surface area contributed by atoms with E-state index in [4.69, 9.17) is 9.47 Å². The Kier molecular flexibility index (Phi) is 4.03. The van der Waals surface area contributed by atoms with E-state index in [0.717, 1.165) is 10.9 Å². The standard InChI is InChI=1S/C17H14Br2O5/c18-8-3-1-7(2-4-8)11(20)6-23-16(21)12-9-5-10-13(12)17(22)24-15(10)14(9)19/h1-4,9-10,12-15H,5-6H2/t9-,10+,12-,13-,14+,15-/m0/s1. The Morgan fingerprint density at radius 3 is 2.62 bits per heavy atom. The summed E-state index contributed by atoms with van der Waals surface area (Å²) in [6.07, 6.45) is 0.665. The first-order chi connectivity index (χ1) is 11.5. The summed E-state index contributed by atoms with van der Waals surface area (Å²) in [5, 5.41) is 0. The van der Waals surface area contributed by atoms with Crippen molar-refractivity contribution in [3.05, 3.63) is 34.3 Å². The lowest BCUT2D eigenvalue weighted by Crippen LogP contribution is -2.39. The first-order valence-electron chi connectivity index (χ1n) is 7.77. The molecule has 6 atom stereocenters. The van der Waals surface area contributed by atoms with E-state index in [0.29, 0.717) is 5.56 Å². The van der Waals surface area contributed by atoms with E-state index >= 15 is 0 Å². The van der Waals surface area contributed by atoms with E-state index in [2.05, 4.69) is 31.9 Å². The second-order valence-electron chi connectivity index (χ2n) is 6.50. The Bertz CT molecular complexity index is 716. The van der Waals surface area contributed by atoms with Crippen LogP contribution in [0.5, 0.6) is 0 Å². The van der Waals surface area contributed by atoms with Crippen LogP contribution >= 0.6 is 31.9 Å². The van der Waals surface area contributed by atoms with Gasteiger partial charge < -0.3 is 9.47 Å². The van der Waals surface area contributed by atoms with Gasteiger partial charge in [0.1, 0.15) is 6.10 Å². The van der Waals surface area contributed by atoms with Gasteiger partial charge in [0.2, 0.25) is 0 Å². The molecular weight excluding hydrogens is 444 g/mol. The van der Waals surface area contributed by atoms with E-state index < -0.39 is 17.8 Å². The fraction of sp³-hybridized carbons (Fsp3) is 0.471. The zero-order valence-electron chi connectivity index (χ0n) is 12.5. The third-order valence-corrected chi connectivity index (χ3v) is 7.04. The average Bonchev–Trinajstić information content (AvgIpc) is 3.17. The smallest absolute Gasteiger partial charge is 0.310 e. The number of ketones is 1. The van der Waals surface area contributed by atoms with Crippen LogP contribution in [-0.2, 0) is 19.1 Å². The summed E-state index contributed by atoms with van der Waals surface area (Å²) in [6, 6.07) is 6.86. The van der Waals surface area contributed by atoms with Gasteiger partial charge in [0.25, 0.3) is 0 Å². The Morgan fingerprint density at radius 1 is 1.21 bits per heavy atom. The molecule has 2 aliphatic carbocycles. The highest BCUT2D eigenvalue weighted by molar-refractivity contribution is 9.10. The maximum atomic E-state index is 12.5. The zero-order chi connectivity index (χ0) is 17.0. The Morgan fingerprint density at radius 2 is 1.92 bits per heavy atom. The van der Waals surface area contributed by atoms with Gasteiger partial charge in [0.05, 0.1) is 16.7 Å². The molecular formula is C17H14Br2O5. The molecule has 7 heteroatoms. The molecule has 5 nitrogen and oxygen atoms in total. The minimum atomic E-state index is -0.511. The summed E-state index contributed by atoms with van der Waals surface area (Å²) in [7, 11) is 0. The van der Waals surface area contributed by atoms with Crippen LogP contribution < -0.4 is 0 Å². The summed E-state index contributed by atoms with van der Waals surface area (Å²) in [6.45, 7) is -0.313. The van der Waals surface area contributed by atoms with Crippen molar-refractivity contribution in [3.63, 3.8) is 0 Å². The fourth-order valence-corrected chi connectivity index (χ4v) is 5.56. The number of rotatable bonds is 4. The van der Waals surface area contributed by atoms with Crippen molar-refractivity contribution in [2.45, 2.75) is 17.4 Å². The fourth-order valence-electron chi connectivity index (χ4n) is 4.25. The van der Waals surface area contributed by atoms with Gasteiger partial charge in [-0.05, 0) is 24.5 Å². The Balaban J connectivity index is 1.43. The molecule has 1 aliphatic heterocycles. The number of hydrogen-bond acceptors (Lipinski definition) is 5. The van der Waals surface area contributed by atoms with Crippen LogP contribution in [0.2, 0.25) is 0 Å². The van der Waals surface area contributed by atoms with Gasteiger partial charge in [-0.2, -0.15) is 0 Å². The van der Waals surface area contributed by atoms with Gasteiger partial charge in [-0.1, -0.05) is 44.0 Å². The highest BCUT2D eigenvalue weighted by atomic mass is 79.9. The molecule has 2 bridgehead atoms. The van der Waals surface area contributed by atoms with Crippen molar-refractivity contribution in [1.29, 1.82) is 0 Å². The van der Waals surface area contributed by atoms with Crippen LogP contribution in [0.15, 0.2) is 28.7 Å². The van der Waals surface area contributed by atoms with E-state index in [1.807, 2.05) is 0 Å². The summed E-state index contributed by atoms with van der Waals surface area (Å²) in [5.41, 5.74) is 0.484. The van der Waals surface area contributed by atoms with E-state index in [1.54, 1.807) is 24.3 Å². The van der Waals surface area contributed by atoms with Crippen molar-refractivity contribution in [3.8, 4) is 0 Å². The number of hydrogen-bond donors (Lipinski definition) is 0. The van der Waals surface area contributed by atoms with Crippen LogP contribution in [0, 0.1) is 23.7 Å². The van der Waals surface area contributed by atoms with Crippen LogP contribution in [0.1, 0.15) is 16.8 Å². The maximum absolute atomic E-state index is 12.5. The number of carbonyl (C=O) groups is 3. The minimum absolute atomic E-state index is 0.00933. The lowest BCUT2D eigenvalue weighted by Gasteiger charge is -2.26. The molecule has 3 aliphatic rings. The zero-order valence-corrected chi connectivity index (χ0v) is 15.7. The molecule has 24 heavy (non-hydrogen) atoms. The van der Waals surface area contributed by atoms with Gasteiger partial charge in [-0.25, -0.2) is 0 Å². The number of fused-ring (bicyclic) bond motifs is 1. The quantitative estimate of drug-likeness (QED) is 0.395. The number of carbonyl (C=O) groups excluding carboxylic acids is 3. The molecule has 1 aromatic carbocycles. The first kappa shape index (κ1) is 16.3. The van der Waals surface area contributed by atoms with E-state index in [9.17, 15) is 14.4 Å². The maximum Gasteiger partial charge on any atom is 0.310 e. The molecule has 3 fully saturated rings. The highest BCUT2D eigenvalue weighted by Crippen LogP contribution is 2.60. The summed E-state index contributed by atoms with van der Waals surface area (Å²) < 4.78 is 11.5. The van der Waals surface area contributed by atoms with Gasteiger partial charge in [0, 0.05) is 16.0 Å². The number of esters is 2. The number of benzene rings is 1. The van der Waals surface area contributed by atoms with E-state index in [-0.39, 0.29) is 41.1 Å². The van der Waals surface area contributed by atoms with Crippen molar-refractivity contribution in [2.75, 3.05) is 6.61 Å². The number of ether oxygens (including phenoxy) is 2. The Hall–Kier alpha value is -1.21. The largest absolute Gasteiger partial charge is 0.461 e. The lowest BCUT2D eigenvalue weighted by molar-refractivity contribution is -0.154. The van der Waals surface area contributed by atoms with Gasteiger partial charge in [-0.3, -0.25) is 14.4 Å².